The summed E-state index contributed by atoms with van der Waals surface area (Å²) in [5.41, 5.74) is 0.203. The molecule has 0 heterocycles. The van der Waals surface area contributed by atoms with Crippen LogP contribution in [-0.4, -0.2) is 24.2 Å². The van der Waals surface area contributed by atoms with E-state index in [1.54, 1.807) is 0 Å². The van der Waals surface area contributed by atoms with Crippen LogP contribution in [0.25, 0.3) is 0 Å². The van der Waals surface area contributed by atoms with E-state index in [-0.39, 0.29) is 18.1 Å². The van der Waals surface area contributed by atoms with Crippen LogP contribution in [0.3, 0.4) is 0 Å². The van der Waals surface area contributed by atoms with Crippen molar-refractivity contribution in [2.24, 2.45) is 5.41 Å². The zero-order chi connectivity index (χ0) is 13.1. The fourth-order valence-corrected chi connectivity index (χ4v) is 2.10. The molecular weight excluding hydrogens is 214 g/mol. The van der Waals surface area contributed by atoms with Crippen molar-refractivity contribution in [3.05, 3.63) is 0 Å². The van der Waals surface area contributed by atoms with Gasteiger partial charge in [0.2, 0.25) is 5.91 Å². The fourth-order valence-electron chi connectivity index (χ4n) is 2.10. The van der Waals surface area contributed by atoms with Gasteiger partial charge in [0.25, 0.3) is 0 Å². The van der Waals surface area contributed by atoms with Gasteiger partial charge in [0.1, 0.15) is 6.61 Å². The molecule has 0 aromatic heterocycles. The first-order valence-electron chi connectivity index (χ1n) is 6.61. The lowest BCUT2D eigenvalue weighted by Crippen LogP contribution is -2.41. The number of hydrogen-bond donors (Lipinski definition) is 1. The lowest BCUT2D eigenvalue weighted by Gasteiger charge is -2.34. The Labute approximate surface area is 105 Å². The molecule has 3 heteroatoms. The van der Waals surface area contributed by atoms with Crippen molar-refractivity contribution in [1.82, 2.24) is 5.32 Å². The molecule has 0 saturated heterocycles. The third-order valence-corrected chi connectivity index (χ3v) is 3.34. The van der Waals surface area contributed by atoms with E-state index < -0.39 is 0 Å². The molecule has 0 aliphatic heterocycles. The van der Waals surface area contributed by atoms with Gasteiger partial charge in [-0.25, -0.2) is 0 Å². The van der Waals surface area contributed by atoms with Crippen LogP contribution in [0.15, 0.2) is 0 Å². The molecule has 0 unspecified atom stereocenters. The molecule has 0 bridgehead atoms. The van der Waals surface area contributed by atoms with Crippen LogP contribution in [0.2, 0.25) is 0 Å². The van der Waals surface area contributed by atoms with Crippen molar-refractivity contribution >= 4 is 5.91 Å². The first-order chi connectivity index (χ1) is 7.68. The molecule has 1 aliphatic rings. The number of carbonyl (C=O) groups is 1. The van der Waals surface area contributed by atoms with Crippen LogP contribution >= 0.6 is 0 Å². The van der Waals surface area contributed by atoms with E-state index in [0.717, 1.165) is 12.8 Å². The molecular formula is C14H27NO2. The summed E-state index contributed by atoms with van der Waals surface area (Å²) < 4.78 is 5.46. The molecule has 3 nitrogen and oxygen atoms in total. The van der Waals surface area contributed by atoms with Gasteiger partial charge in [-0.3, -0.25) is 4.79 Å². The Morgan fingerprint density at radius 2 is 1.82 bits per heavy atom. The highest BCUT2D eigenvalue weighted by Crippen LogP contribution is 2.34. The van der Waals surface area contributed by atoms with Crippen LogP contribution in [0.4, 0.5) is 0 Å². The van der Waals surface area contributed by atoms with Gasteiger partial charge in [-0.05, 0) is 51.9 Å². The minimum atomic E-state index is -0.244. The SMILES string of the molecule is CC1(C)CCC(NC(=O)COC(C)(C)C)CC1. The van der Waals surface area contributed by atoms with Crippen LogP contribution < -0.4 is 5.32 Å². The second kappa shape index (κ2) is 5.38. The smallest absolute Gasteiger partial charge is 0.246 e. The quantitative estimate of drug-likeness (QED) is 0.825. The highest BCUT2D eigenvalue weighted by molar-refractivity contribution is 5.77. The number of carbonyl (C=O) groups excluding carboxylic acids is 1. The third kappa shape index (κ3) is 6.06. The molecule has 0 aromatic carbocycles. The van der Waals surface area contributed by atoms with Gasteiger partial charge >= 0.3 is 0 Å². The molecule has 0 radical (unpaired) electrons. The summed E-state index contributed by atoms with van der Waals surface area (Å²) in [6.07, 6.45) is 4.57. The zero-order valence-corrected chi connectivity index (χ0v) is 11.9. The van der Waals surface area contributed by atoms with Gasteiger partial charge in [-0.2, -0.15) is 0 Å². The number of nitrogens with one attached hydrogen (secondary N) is 1. The first-order valence-corrected chi connectivity index (χ1v) is 6.61. The minimum absolute atomic E-state index is 0.0182. The van der Waals surface area contributed by atoms with E-state index in [1.807, 2.05) is 20.8 Å². The summed E-state index contributed by atoms with van der Waals surface area (Å²) in [4.78, 5) is 11.7. The summed E-state index contributed by atoms with van der Waals surface area (Å²) >= 11 is 0. The molecule has 100 valence electrons. The Bertz CT molecular complexity index is 256. The molecule has 0 atom stereocenters. The molecule has 1 rings (SSSR count). The first kappa shape index (κ1) is 14.5. The van der Waals surface area contributed by atoms with Crippen molar-refractivity contribution in [2.75, 3.05) is 6.61 Å². The van der Waals surface area contributed by atoms with Crippen molar-refractivity contribution in [1.29, 1.82) is 0 Å². The topological polar surface area (TPSA) is 38.3 Å². The van der Waals surface area contributed by atoms with E-state index in [4.69, 9.17) is 4.74 Å². The Kier molecular flexibility index (Phi) is 4.59. The second-order valence-corrected chi connectivity index (χ2v) is 6.91. The lowest BCUT2D eigenvalue weighted by atomic mass is 9.75. The van der Waals surface area contributed by atoms with E-state index >= 15 is 0 Å². The van der Waals surface area contributed by atoms with Gasteiger partial charge < -0.3 is 10.1 Å². The van der Waals surface area contributed by atoms with Crippen LogP contribution in [0, 0.1) is 5.41 Å². The maximum Gasteiger partial charge on any atom is 0.246 e. The van der Waals surface area contributed by atoms with Gasteiger partial charge in [-0.15, -0.1) is 0 Å². The van der Waals surface area contributed by atoms with Gasteiger partial charge in [0.15, 0.2) is 0 Å². The average Bonchev–Trinajstić information content (AvgIpc) is 2.17. The second-order valence-electron chi connectivity index (χ2n) is 6.91. The largest absolute Gasteiger partial charge is 0.366 e. The molecule has 0 aromatic rings. The Balaban J connectivity index is 2.24. The van der Waals surface area contributed by atoms with Crippen molar-refractivity contribution in [2.45, 2.75) is 71.9 Å². The molecule has 1 aliphatic carbocycles. The molecule has 0 spiro atoms. The van der Waals surface area contributed by atoms with Crippen molar-refractivity contribution < 1.29 is 9.53 Å². The Hall–Kier alpha value is -0.570. The summed E-state index contributed by atoms with van der Waals surface area (Å²) in [5.74, 6) is 0.0182. The van der Waals surface area contributed by atoms with Crippen molar-refractivity contribution in [3.8, 4) is 0 Å². The fraction of sp³-hybridized carbons (Fsp3) is 0.929. The van der Waals surface area contributed by atoms with E-state index in [1.165, 1.54) is 12.8 Å². The Morgan fingerprint density at radius 3 is 2.29 bits per heavy atom. The molecule has 1 amide bonds. The maximum atomic E-state index is 11.7. The Morgan fingerprint density at radius 1 is 1.29 bits per heavy atom. The van der Waals surface area contributed by atoms with Crippen LogP contribution in [-0.2, 0) is 9.53 Å². The molecule has 1 fully saturated rings. The standard InChI is InChI=1S/C14H27NO2/c1-13(2,3)17-10-12(16)15-11-6-8-14(4,5)9-7-11/h11H,6-10H2,1-5H3,(H,15,16). The predicted octanol–water partition coefficient (Wildman–Crippen LogP) is 2.89. The number of rotatable bonds is 3. The monoisotopic (exact) mass is 241 g/mol. The maximum absolute atomic E-state index is 11.7. The summed E-state index contributed by atoms with van der Waals surface area (Å²) in [7, 11) is 0. The average molecular weight is 241 g/mol. The van der Waals surface area contributed by atoms with Crippen LogP contribution in [0.5, 0.6) is 0 Å². The van der Waals surface area contributed by atoms with Crippen molar-refractivity contribution in [3.63, 3.8) is 0 Å². The lowest BCUT2D eigenvalue weighted by molar-refractivity contribution is -0.131. The third-order valence-electron chi connectivity index (χ3n) is 3.34. The van der Waals surface area contributed by atoms with E-state index in [0.29, 0.717) is 11.5 Å². The van der Waals surface area contributed by atoms with Crippen LogP contribution in [0.1, 0.15) is 60.3 Å². The molecule has 17 heavy (non-hydrogen) atoms. The summed E-state index contributed by atoms with van der Waals surface area (Å²) in [5, 5.41) is 3.07. The normalized spacial score (nSPS) is 21.2. The van der Waals surface area contributed by atoms with E-state index in [9.17, 15) is 4.79 Å². The number of hydrogen-bond acceptors (Lipinski definition) is 2. The number of ether oxygens (including phenoxy) is 1. The predicted molar refractivity (Wildman–Crippen MR) is 69.9 cm³/mol. The zero-order valence-electron chi connectivity index (χ0n) is 11.9. The molecule has 1 saturated carbocycles. The highest BCUT2D eigenvalue weighted by atomic mass is 16.5. The highest BCUT2D eigenvalue weighted by Gasteiger charge is 2.27. The molecule has 1 N–H and O–H groups in total. The summed E-state index contributed by atoms with van der Waals surface area (Å²) in [6, 6.07) is 0.346. The van der Waals surface area contributed by atoms with Gasteiger partial charge in [0.05, 0.1) is 5.60 Å². The minimum Gasteiger partial charge on any atom is -0.366 e. The van der Waals surface area contributed by atoms with E-state index in [2.05, 4.69) is 19.2 Å². The van der Waals surface area contributed by atoms with Gasteiger partial charge in [0, 0.05) is 6.04 Å². The van der Waals surface area contributed by atoms with Gasteiger partial charge in [-0.1, -0.05) is 13.8 Å². The number of amides is 1. The summed E-state index contributed by atoms with van der Waals surface area (Å²) in [6.45, 7) is 10.7.